The van der Waals surface area contributed by atoms with Gasteiger partial charge in [0.15, 0.2) is 0 Å². The number of carboxylic acid groups (broad SMARTS) is 1. The molecule has 0 amide bonds. The summed E-state index contributed by atoms with van der Waals surface area (Å²) >= 11 is 0. The average molecular weight is 256 g/mol. The highest BCUT2D eigenvalue weighted by Crippen LogP contribution is 2.22. The SMILES string of the molecule is O=C(O)c1cc(F)cnc1N1CCOCC1CO. The van der Waals surface area contributed by atoms with E-state index in [2.05, 4.69) is 4.98 Å². The Morgan fingerprint density at radius 1 is 1.67 bits per heavy atom. The first-order valence-corrected chi connectivity index (χ1v) is 5.47. The molecule has 6 nitrogen and oxygen atoms in total. The summed E-state index contributed by atoms with van der Waals surface area (Å²) in [5.41, 5.74) is -0.213. The lowest BCUT2D eigenvalue weighted by Gasteiger charge is -2.35. The lowest BCUT2D eigenvalue weighted by atomic mass is 10.2. The highest BCUT2D eigenvalue weighted by molar-refractivity contribution is 5.93. The molecule has 1 aliphatic rings. The van der Waals surface area contributed by atoms with Gasteiger partial charge >= 0.3 is 5.97 Å². The number of hydrogen-bond donors (Lipinski definition) is 2. The van der Waals surface area contributed by atoms with Crippen LogP contribution in [0.5, 0.6) is 0 Å². The summed E-state index contributed by atoms with van der Waals surface area (Å²) in [6, 6.07) is 0.559. The number of pyridine rings is 1. The Bertz CT molecular complexity index is 455. The quantitative estimate of drug-likeness (QED) is 0.799. The highest BCUT2D eigenvalue weighted by atomic mass is 19.1. The Labute approximate surface area is 103 Å². The fourth-order valence-corrected chi connectivity index (χ4v) is 1.90. The minimum Gasteiger partial charge on any atom is -0.478 e. The maximum absolute atomic E-state index is 13.0. The second kappa shape index (κ2) is 5.28. The highest BCUT2D eigenvalue weighted by Gasteiger charge is 2.27. The van der Waals surface area contributed by atoms with Crippen LogP contribution < -0.4 is 4.90 Å². The summed E-state index contributed by atoms with van der Waals surface area (Å²) in [5, 5.41) is 18.3. The molecule has 0 aromatic carbocycles. The molecule has 0 saturated carbocycles. The fraction of sp³-hybridized carbons (Fsp3) is 0.455. The summed E-state index contributed by atoms with van der Waals surface area (Å²) in [7, 11) is 0. The van der Waals surface area contributed by atoms with Crippen molar-refractivity contribution >= 4 is 11.8 Å². The number of aromatic carboxylic acids is 1. The van der Waals surface area contributed by atoms with Crippen molar-refractivity contribution in [2.45, 2.75) is 6.04 Å². The summed E-state index contributed by atoms with van der Waals surface area (Å²) in [5.74, 6) is -1.80. The van der Waals surface area contributed by atoms with Gasteiger partial charge in [-0.15, -0.1) is 0 Å². The van der Waals surface area contributed by atoms with Crippen LogP contribution in [-0.4, -0.2) is 53.6 Å². The van der Waals surface area contributed by atoms with Gasteiger partial charge in [0.25, 0.3) is 0 Å². The van der Waals surface area contributed by atoms with E-state index in [4.69, 9.17) is 9.84 Å². The van der Waals surface area contributed by atoms with E-state index in [0.29, 0.717) is 13.2 Å². The minimum absolute atomic E-state index is 0.159. The smallest absolute Gasteiger partial charge is 0.339 e. The topological polar surface area (TPSA) is 82.9 Å². The zero-order valence-corrected chi connectivity index (χ0v) is 9.54. The Morgan fingerprint density at radius 2 is 2.44 bits per heavy atom. The molecule has 1 aromatic rings. The van der Waals surface area contributed by atoms with Crippen molar-refractivity contribution in [3.63, 3.8) is 0 Å². The first-order valence-electron chi connectivity index (χ1n) is 5.47. The summed E-state index contributed by atoms with van der Waals surface area (Å²) in [4.78, 5) is 16.5. The molecule has 18 heavy (non-hydrogen) atoms. The molecule has 98 valence electrons. The standard InChI is InChI=1S/C11H13FN2O4/c12-7-3-9(11(16)17)10(13-4-7)14-1-2-18-6-8(14)5-15/h3-4,8,15H,1-2,5-6H2,(H,16,17). The predicted octanol–water partition coefficient (Wildman–Crippen LogP) is 0.116. The predicted molar refractivity (Wildman–Crippen MR) is 60.2 cm³/mol. The van der Waals surface area contributed by atoms with Crippen LogP contribution in [-0.2, 0) is 4.74 Å². The Kier molecular flexibility index (Phi) is 3.73. The van der Waals surface area contributed by atoms with E-state index in [1.807, 2.05) is 0 Å². The van der Waals surface area contributed by atoms with E-state index in [0.717, 1.165) is 12.3 Å². The summed E-state index contributed by atoms with van der Waals surface area (Å²) < 4.78 is 18.2. The van der Waals surface area contributed by atoms with Crippen molar-refractivity contribution in [3.05, 3.63) is 23.6 Å². The monoisotopic (exact) mass is 256 g/mol. The second-order valence-electron chi connectivity index (χ2n) is 3.93. The van der Waals surface area contributed by atoms with Gasteiger partial charge in [0, 0.05) is 6.54 Å². The minimum atomic E-state index is -1.25. The Hall–Kier alpha value is -1.73. The second-order valence-corrected chi connectivity index (χ2v) is 3.93. The molecule has 1 atom stereocenters. The molecule has 1 unspecified atom stereocenters. The number of rotatable bonds is 3. The lowest BCUT2D eigenvalue weighted by Crippen LogP contribution is -2.48. The maximum Gasteiger partial charge on any atom is 0.339 e. The van der Waals surface area contributed by atoms with Crippen LogP contribution >= 0.6 is 0 Å². The first kappa shape index (κ1) is 12.7. The van der Waals surface area contributed by atoms with Crippen LogP contribution in [0.1, 0.15) is 10.4 Å². The molecule has 0 radical (unpaired) electrons. The molecule has 2 heterocycles. The van der Waals surface area contributed by atoms with Gasteiger partial charge < -0.3 is 19.8 Å². The van der Waals surface area contributed by atoms with Crippen molar-refractivity contribution < 1.29 is 24.1 Å². The van der Waals surface area contributed by atoms with Crippen LogP contribution in [0.2, 0.25) is 0 Å². The Morgan fingerprint density at radius 3 is 3.11 bits per heavy atom. The first-order chi connectivity index (χ1) is 8.63. The third-order valence-corrected chi connectivity index (χ3v) is 2.77. The summed E-state index contributed by atoms with van der Waals surface area (Å²) in [6.07, 6.45) is 0.964. The van der Waals surface area contributed by atoms with Gasteiger partial charge in [0.2, 0.25) is 0 Å². The van der Waals surface area contributed by atoms with Crippen LogP contribution in [0.15, 0.2) is 12.3 Å². The van der Waals surface area contributed by atoms with Gasteiger partial charge in [-0.3, -0.25) is 0 Å². The van der Waals surface area contributed by atoms with Crippen LogP contribution in [0.4, 0.5) is 10.2 Å². The molecule has 2 rings (SSSR count). The van der Waals surface area contributed by atoms with Gasteiger partial charge in [-0.2, -0.15) is 0 Å². The molecule has 0 bridgehead atoms. The molecule has 1 aliphatic heterocycles. The van der Waals surface area contributed by atoms with E-state index < -0.39 is 11.8 Å². The molecule has 0 spiro atoms. The fourth-order valence-electron chi connectivity index (χ4n) is 1.90. The number of aliphatic hydroxyl groups excluding tert-OH is 1. The third kappa shape index (κ3) is 2.41. The zero-order valence-electron chi connectivity index (χ0n) is 9.54. The van der Waals surface area contributed by atoms with Crippen LogP contribution in [0.25, 0.3) is 0 Å². The normalized spacial score (nSPS) is 19.9. The molecule has 0 aliphatic carbocycles. The number of morpholine rings is 1. The van der Waals surface area contributed by atoms with Gasteiger partial charge in [-0.1, -0.05) is 0 Å². The average Bonchev–Trinajstić information content (AvgIpc) is 2.38. The van der Waals surface area contributed by atoms with Gasteiger partial charge in [-0.05, 0) is 6.07 Å². The molecule has 1 fully saturated rings. The number of anilines is 1. The number of ether oxygens (including phenoxy) is 1. The zero-order chi connectivity index (χ0) is 13.1. The third-order valence-electron chi connectivity index (χ3n) is 2.77. The molecule has 1 aromatic heterocycles. The number of aliphatic hydroxyl groups is 1. The lowest BCUT2D eigenvalue weighted by molar-refractivity contribution is 0.0673. The number of carboxylic acids is 1. The number of carbonyl (C=O) groups is 1. The molecular formula is C11H13FN2O4. The largest absolute Gasteiger partial charge is 0.478 e. The van der Waals surface area contributed by atoms with Crippen molar-refractivity contribution in [3.8, 4) is 0 Å². The molecule has 2 N–H and O–H groups in total. The summed E-state index contributed by atoms with van der Waals surface area (Å²) in [6.45, 7) is 0.922. The Balaban J connectivity index is 2.39. The number of hydrogen-bond acceptors (Lipinski definition) is 5. The van der Waals surface area contributed by atoms with Crippen molar-refractivity contribution in [1.82, 2.24) is 4.98 Å². The van der Waals surface area contributed by atoms with Gasteiger partial charge in [0.1, 0.15) is 17.2 Å². The molecule has 7 heteroatoms. The van der Waals surface area contributed by atoms with Crippen LogP contribution in [0.3, 0.4) is 0 Å². The molecule has 1 saturated heterocycles. The van der Waals surface area contributed by atoms with Crippen molar-refractivity contribution in [2.75, 3.05) is 31.3 Å². The van der Waals surface area contributed by atoms with Crippen molar-refractivity contribution in [1.29, 1.82) is 0 Å². The van der Waals surface area contributed by atoms with E-state index in [9.17, 15) is 14.3 Å². The molecular weight excluding hydrogens is 243 g/mol. The van der Waals surface area contributed by atoms with E-state index in [1.54, 1.807) is 4.90 Å². The van der Waals surface area contributed by atoms with Gasteiger partial charge in [-0.25, -0.2) is 14.2 Å². The number of aromatic nitrogens is 1. The van der Waals surface area contributed by atoms with Crippen LogP contribution in [0, 0.1) is 5.82 Å². The number of nitrogens with zero attached hydrogens (tertiary/aromatic N) is 2. The van der Waals surface area contributed by atoms with Crippen molar-refractivity contribution in [2.24, 2.45) is 0 Å². The van der Waals surface area contributed by atoms with E-state index in [1.165, 1.54) is 0 Å². The van der Waals surface area contributed by atoms with Gasteiger partial charge in [0.05, 0.1) is 32.1 Å². The van der Waals surface area contributed by atoms with E-state index in [-0.39, 0.29) is 30.6 Å². The maximum atomic E-state index is 13.0. The van der Waals surface area contributed by atoms with E-state index >= 15 is 0 Å². The number of halogens is 1.